The Balaban J connectivity index is 1.62. The van der Waals surface area contributed by atoms with Gasteiger partial charge in [-0.2, -0.15) is 5.10 Å². The highest BCUT2D eigenvalue weighted by atomic mass is 16.5. The van der Waals surface area contributed by atoms with Gasteiger partial charge in [0.25, 0.3) is 0 Å². The van der Waals surface area contributed by atoms with Crippen molar-refractivity contribution in [3.8, 4) is 5.75 Å². The van der Waals surface area contributed by atoms with Crippen molar-refractivity contribution in [2.45, 2.75) is 58.7 Å². The van der Waals surface area contributed by atoms with Crippen LogP contribution >= 0.6 is 0 Å². The number of carbonyl (C=O) groups is 2. The van der Waals surface area contributed by atoms with Crippen LogP contribution in [-0.4, -0.2) is 42.1 Å². The molecule has 180 valence electrons. The van der Waals surface area contributed by atoms with Crippen LogP contribution in [0.25, 0.3) is 0 Å². The minimum absolute atomic E-state index is 0.192. The summed E-state index contributed by atoms with van der Waals surface area (Å²) in [7, 11) is 0. The van der Waals surface area contributed by atoms with Crippen molar-refractivity contribution in [2.75, 3.05) is 0 Å². The molecule has 0 aliphatic heterocycles. The van der Waals surface area contributed by atoms with E-state index in [0.717, 1.165) is 24.0 Å². The topological polar surface area (TPSA) is 124 Å². The Labute approximate surface area is 197 Å². The Morgan fingerprint density at radius 2 is 1.59 bits per heavy atom. The maximum Gasteiger partial charge on any atom is 0.347 e. The van der Waals surface area contributed by atoms with Crippen molar-refractivity contribution in [2.24, 2.45) is 0 Å². The standard InChI is InChI=1S/C25H29N3O6/c1-4-27-21(26-28(24(27)33)16-18-8-12-19(13-9-18)22(29)30)7-5-6-17-10-14-20(15-11-17)34-25(2,3)23(31)32/h8-15H,4-7,16H2,1-3H3,(H,29,30)(H,31,32). The Morgan fingerprint density at radius 1 is 0.971 bits per heavy atom. The van der Waals surface area contributed by atoms with E-state index >= 15 is 0 Å². The molecular weight excluding hydrogens is 438 g/mol. The summed E-state index contributed by atoms with van der Waals surface area (Å²) >= 11 is 0. The number of rotatable bonds is 11. The molecule has 0 radical (unpaired) electrons. The second-order valence-corrected chi connectivity index (χ2v) is 8.52. The lowest BCUT2D eigenvalue weighted by atomic mass is 10.1. The third-order valence-electron chi connectivity index (χ3n) is 5.53. The van der Waals surface area contributed by atoms with Gasteiger partial charge in [-0.15, -0.1) is 0 Å². The van der Waals surface area contributed by atoms with E-state index in [1.807, 2.05) is 19.1 Å². The van der Waals surface area contributed by atoms with Gasteiger partial charge in [0, 0.05) is 13.0 Å². The first-order valence-electron chi connectivity index (χ1n) is 11.1. The van der Waals surface area contributed by atoms with E-state index in [1.165, 1.54) is 30.7 Å². The molecule has 9 heteroatoms. The molecule has 3 aromatic rings. The number of nitrogens with zero attached hydrogens (tertiary/aromatic N) is 3. The molecule has 1 heterocycles. The number of aromatic carboxylic acids is 1. The van der Waals surface area contributed by atoms with Gasteiger partial charge < -0.3 is 14.9 Å². The third-order valence-corrected chi connectivity index (χ3v) is 5.53. The van der Waals surface area contributed by atoms with E-state index in [4.69, 9.17) is 9.84 Å². The molecule has 0 saturated heterocycles. The van der Waals surface area contributed by atoms with Crippen LogP contribution in [0.4, 0.5) is 0 Å². The van der Waals surface area contributed by atoms with E-state index in [1.54, 1.807) is 28.8 Å². The highest BCUT2D eigenvalue weighted by Gasteiger charge is 2.29. The lowest BCUT2D eigenvalue weighted by molar-refractivity contribution is -0.152. The number of ether oxygens (including phenoxy) is 1. The van der Waals surface area contributed by atoms with Gasteiger partial charge in [-0.3, -0.25) is 4.57 Å². The second-order valence-electron chi connectivity index (χ2n) is 8.52. The van der Waals surface area contributed by atoms with Crippen molar-refractivity contribution < 1.29 is 24.5 Å². The Bertz CT molecular complexity index is 1210. The summed E-state index contributed by atoms with van der Waals surface area (Å²) in [4.78, 5) is 35.0. The van der Waals surface area contributed by atoms with Gasteiger partial charge in [0.2, 0.25) is 0 Å². The number of benzene rings is 2. The van der Waals surface area contributed by atoms with Crippen molar-refractivity contribution in [1.82, 2.24) is 14.3 Å². The SMILES string of the molecule is CCn1c(CCCc2ccc(OC(C)(C)C(=O)O)cc2)nn(Cc2ccc(C(=O)O)cc2)c1=O. The molecule has 0 aliphatic carbocycles. The summed E-state index contributed by atoms with van der Waals surface area (Å²) in [6, 6.07) is 13.7. The summed E-state index contributed by atoms with van der Waals surface area (Å²) in [5.41, 5.74) is 0.572. The Hall–Kier alpha value is -3.88. The third kappa shape index (κ3) is 5.92. The number of aliphatic carboxylic acids is 1. The van der Waals surface area contributed by atoms with Gasteiger partial charge in [0.1, 0.15) is 11.6 Å². The van der Waals surface area contributed by atoms with Gasteiger partial charge >= 0.3 is 17.6 Å². The number of aryl methyl sites for hydroxylation is 2. The molecule has 0 amide bonds. The van der Waals surface area contributed by atoms with E-state index in [-0.39, 0.29) is 17.8 Å². The predicted octanol–water partition coefficient (Wildman–Crippen LogP) is 3.23. The fraction of sp³-hybridized carbons (Fsp3) is 0.360. The molecule has 9 nitrogen and oxygen atoms in total. The van der Waals surface area contributed by atoms with Crippen molar-refractivity contribution in [3.05, 3.63) is 81.5 Å². The van der Waals surface area contributed by atoms with Crippen molar-refractivity contribution in [1.29, 1.82) is 0 Å². The zero-order valence-corrected chi connectivity index (χ0v) is 19.5. The maximum absolute atomic E-state index is 12.7. The van der Waals surface area contributed by atoms with Crippen LogP contribution < -0.4 is 10.4 Å². The van der Waals surface area contributed by atoms with E-state index in [0.29, 0.717) is 24.5 Å². The average Bonchev–Trinajstić information content (AvgIpc) is 3.09. The van der Waals surface area contributed by atoms with E-state index in [2.05, 4.69) is 5.10 Å². The molecule has 0 unspecified atom stereocenters. The molecule has 1 aromatic heterocycles. The highest BCUT2D eigenvalue weighted by molar-refractivity contribution is 5.87. The monoisotopic (exact) mass is 467 g/mol. The molecule has 0 atom stereocenters. The maximum atomic E-state index is 12.7. The molecule has 0 spiro atoms. The summed E-state index contributed by atoms with van der Waals surface area (Å²) in [5, 5.41) is 22.7. The molecule has 0 aliphatic rings. The van der Waals surface area contributed by atoms with Gasteiger partial charge in [0.15, 0.2) is 5.60 Å². The molecule has 0 fully saturated rings. The van der Waals surface area contributed by atoms with Crippen molar-refractivity contribution >= 4 is 11.9 Å². The molecular formula is C25H29N3O6. The Kier molecular flexibility index (Phi) is 7.55. The number of carboxylic acid groups (broad SMARTS) is 2. The minimum atomic E-state index is -1.30. The highest BCUT2D eigenvalue weighted by Crippen LogP contribution is 2.20. The minimum Gasteiger partial charge on any atom is -0.478 e. The molecule has 34 heavy (non-hydrogen) atoms. The fourth-order valence-corrected chi connectivity index (χ4v) is 3.53. The number of aromatic nitrogens is 3. The summed E-state index contributed by atoms with van der Waals surface area (Å²) in [6.45, 7) is 5.68. The first kappa shape index (κ1) is 24.8. The van der Waals surface area contributed by atoms with Crippen LogP contribution in [0, 0.1) is 0 Å². The van der Waals surface area contributed by atoms with E-state index in [9.17, 15) is 19.5 Å². The Morgan fingerprint density at radius 3 is 2.15 bits per heavy atom. The summed E-state index contributed by atoms with van der Waals surface area (Å²) in [6.07, 6.45) is 2.17. The number of carboxylic acids is 2. The lowest BCUT2D eigenvalue weighted by Crippen LogP contribution is -2.37. The molecule has 2 aromatic carbocycles. The first-order valence-corrected chi connectivity index (χ1v) is 11.1. The normalized spacial score (nSPS) is 11.4. The zero-order valence-electron chi connectivity index (χ0n) is 19.5. The van der Waals surface area contributed by atoms with Gasteiger partial charge in [-0.05, 0) is 69.0 Å². The second kappa shape index (κ2) is 10.4. The molecule has 0 bridgehead atoms. The van der Waals surface area contributed by atoms with Crippen LogP contribution in [0.1, 0.15) is 54.5 Å². The summed E-state index contributed by atoms with van der Waals surface area (Å²) in [5.74, 6) is -0.827. The lowest BCUT2D eigenvalue weighted by Gasteiger charge is -2.21. The van der Waals surface area contributed by atoms with Gasteiger partial charge in [0.05, 0.1) is 12.1 Å². The van der Waals surface area contributed by atoms with Crippen molar-refractivity contribution in [3.63, 3.8) is 0 Å². The van der Waals surface area contributed by atoms with Crippen LogP contribution in [0.5, 0.6) is 5.75 Å². The first-order chi connectivity index (χ1) is 16.1. The van der Waals surface area contributed by atoms with Crippen LogP contribution in [0.3, 0.4) is 0 Å². The molecule has 3 rings (SSSR count). The number of hydrogen-bond acceptors (Lipinski definition) is 5. The quantitative estimate of drug-likeness (QED) is 0.444. The molecule has 2 N–H and O–H groups in total. The molecule has 0 saturated carbocycles. The fourth-order valence-electron chi connectivity index (χ4n) is 3.53. The largest absolute Gasteiger partial charge is 0.478 e. The van der Waals surface area contributed by atoms with Crippen LogP contribution in [0.2, 0.25) is 0 Å². The zero-order chi connectivity index (χ0) is 24.9. The smallest absolute Gasteiger partial charge is 0.347 e. The van der Waals surface area contributed by atoms with E-state index < -0.39 is 17.5 Å². The van der Waals surface area contributed by atoms with Gasteiger partial charge in [-0.1, -0.05) is 24.3 Å². The predicted molar refractivity (Wildman–Crippen MR) is 125 cm³/mol. The van der Waals surface area contributed by atoms with Gasteiger partial charge in [-0.25, -0.2) is 19.1 Å². The van der Waals surface area contributed by atoms with Crippen LogP contribution in [0.15, 0.2) is 53.3 Å². The average molecular weight is 468 g/mol. The summed E-state index contributed by atoms with van der Waals surface area (Å²) < 4.78 is 8.58. The van der Waals surface area contributed by atoms with Crippen LogP contribution in [-0.2, 0) is 30.7 Å². The number of hydrogen-bond donors (Lipinski definition) is 2.